The van der Waals surface area contributed by atoms with Crippen molar-refractivity contribution in [2.24, 2.45) is 0 Å². The lowest BCUT2D eigenvalue weighted by Crippen LogP contribution is -2.16. The highest BCUT2D eigenvalue weighted by atomic mass is 79.9. The molecule has 0 amide bonds. The Balaban J connectivity index is 1.98. The van der Waals surface area contributed by atoms with Crippen molar-refractivity contribution in [3.63, 3.8) is 0 Å². The highest BCUT2D eigenvalue weighted by Crippen LogP contribution is 2.32. The summed E-state index contributed by atoms with van der Waals surface area (Å²) in [6.07, 6.45) is 0. The summed E-state index contributed by atoms with van der Waals surface area (Å²) in [6.45, 7) is 1.03. The van der Waals surface area contributed by atoms with Crippen molar-refractivity contribution in [2.75, 3.05) is 13.2 Å². The van der Waals surface area contributed by atoms with Crippen LogP contribution in [0.2, 0.25) is 5.02 Å². The van der Waals surface area contributed by atoms with E-state index in [0.29, 0.717) is 45.3 Å². The molecule has 1 heterocycles. The predicted molar refractivity (Wildman–Crippen MR) is 80.0 cm³/mol. The molecule has 0 bridgehead atoms. The van der Waals surface area contributed by atoms with E-state index in [0.717, 1.165) is 0 Å². The number of hydrogen-bond acceptors (Lipinski definition) is 3. The Morgan fingerprint density at radius 3 is 2.55 bits per heavy atom. The maximum Gasteiger partial charge on any atom is 0.194 e. The van der Waals surface area contributed by atoms with Crippen molar-refractivity contribution in [3.05, 3.63) is 57.0 Å². The number of rotatable bonds is 2. The largest absolute Gasteiger partial charge is 0.486 e. The second-order valence-corrected chi connectivity index (χ2v) is 5.60. The van der Waals surface area contributed by atoms with Crippen molar-refractivity contribution in [1.29, 1.82) is 0 Å². The van der Waals surface area contributed by atoms with E-state index in [1.807, 2.05) is 0 Å². The van der Waals surface area contributed by atoms with Crippen molar-refractivity contribution in [1.82, 2.24) is 0 Å². The van der Waals surface area contributed by atoms with Crippen LogP contribution in [0.1, 0.15) is 15.9 Å². The second-order valence-electron chi connectivity index (χ2n) is 4.31. The zero-order valence-corrected chi connectivity index (χ0v) is 12.7. The number of ketones is 1. The third-order valence-electron chi connectivity index (χ3n) is 2.98. The molecule has 3 rings (SSSR count). The molecule has 2 aromatic rings. The standard InChI is InChI=1S/C15H10BrClO3/c16-12-8-10(17)2-3-11(12)15(18)9-1-4-13-14(7-9)20-6-5-19-13/h1-4,7-8H,5-6H2. The average molecular weight is 354 g/mol. The second kappa shape index (κ2) is 5.46. The number of halogens is 2. The molecule has 1 aliphatic rings. The van der Waals surface area contributed by atoms with E-state index >= 15 is 0 Å². The van der Waals surface area contributed by atoms with Gasteiger partial charge in [-0.25, -0.2) is 0 Å². The van der Waals surface area contributed by atoms with E-state index in [1.165, 1.54) is 0 Å². The molecule has 0 radical (unpaired) electrons. The Morgan fingerprint density at radius 2 is 1.80 bits per heavy atom. The molecule has 3 nitrogen and oxygen atoms in total. The third kappa shape index (κ3) is 2.53. The van der Waals surface area contributed by atoms with Gasteiger partial charge in [0.15, 0.2) is 17.3 Å². The van der Waals surface area contributed by atoms with Crippen molar-refractivity contribution in [2.45, 2.75) is 0 Å². The van der Waals surface area contributed by atoms with Gasteiger partial charge in [-0.1, -0.05) is 11.6 Å². The van der Waals surface area contributed by atoms with Crippen LogP contribution in [-0.2, 0) is 0 Å². The predicted octanol–water partition coefficient (Wildman–Crippen LogP) is 4.10. The fourth-order valence-corrected chi connectivity index (χ4v) is 2.88. The fraction of sp³-hybridized carbons (Fsp3) is 0.133. The van der Waals surface area contributed by atoms with Gasteiger partial charge in [0.1, 0.15) is 13.2 Å². The Bertz CT molecular complexity index is 685. The van der Waals surface area contributed by atoms with Crippen molar-refractivity contribution >= 4 is 33.3 Å². The highest BCUT2D eigenvalue weighted by Gasteiger charge is 2.17. The van der Waals surface area contributed by atoms with Gasteiger partial charge >= 0.3 is 0 Å². The number of hydrogen-bond donors (Lipinski definition) is 0. The first kappa shape index (κ1) is 13.5. The van der Waals surface area contributed by atoms with Crippen LogP contribution >= 0.6 is 27.5 Å². The Hall–Kier alpha value is -1.52. The summed E-state index contributed by atoms with van der Waals surface area (Å²) < 4.78 is 11.6. The summed E-state index contributed by atoms with van der Waals surface area (Å²) in [5.74, 6) is 1.18. The van der Waals surface area contributed by atoms with Gasteiger partial charge in [0, 0.05) is 20.6 Å². The Kier molecular flexibility index (Phi) is 3.68. The van der Waals surface area contributed by atoms with Crippen LogP contribution in [0.3, 0.4) is 0 Å². The van der Waals surface area contributed by atoms with Crippen molar-refractivity contribution < 1.29 is 14.3 Å². The van der Waals surface area contributed by atoms with Crippen LogP contribution in [0.25, 0.3) is 0 Å². The number of fused-ring (bicyclic) bond motifs is 1. The number of ether oxygens (including phenoxy) is 2. The lowest BCUT2D eigenvalue weighted by Gasteiger charge is -2.18. The molecule has 102 valence electrons. The average Bonchev–Trinajstić information content (AvgIpc) is 2.46. The monoisotopic (exact) mass is 352 g/mol. The van der Waals surface area contributed by atoms with Crippen LogP contribution in [0.4, 0.5) is 0 Å². The quantitative estimate of drug-likeness (QED) is 0.762. The van der Waals surface area contributed by atoms with Gasteiger partial charge in [-0.15, -0.1) is 0 Å². The van der Waals surface area contributed by atoms with Crippen LogP contribution in [0.15, 0.2) is 40.9 Å². The SMILES string of the molecule is O=C(c1ccc2c(c1)OCCO2)c1ccc(Cl)cc1Br. The number of benzene rings is 2. The van der Waals surface area contributed by atoms with Gasteiger partial charge in [0.2, 0.25) is 0 Å². The normalized spacial score (nSPS) is 13.1. The van der Waals surface area contributed by atoms with Gasteiger partial charge in [-0.3, -0.25) is 4.79 Å². The first-order valence-electron chi connectivity index (χ1n) is 6.04. The van der Waals surface area contributed by atoms with E-state index in [-0.39, 0.29) is 5.78 Å². The first-order valence-corrected chi connectivity index (χ1v) is 7.21. The number of carbonyl (C=O) groups is 1. The highest BCUT2D eigenvalue weighted by molar-refractivity contribution is 9.10. The molecule has 0 N–H and O–H groups in total. The smallest absolute Gasteiger partial charge is 0.194 e. The molecule has 0 saturated heterocycles. The maximum atomic E-state index is 12.5. The molecule has 0 unspecified atom stereocenters. The van der Waals surface area contributed by atoms with Gasteiger partial charge in [0.25, 0.3) is 0 Å². The molecule has 0 aliphatic carbocycles. The van der Waals surface area contributed by atoms with E-state index in [4.69, 9.17) is 21.1 Å². The van der Waals surface area contributed by atoms with Gasteiger partial charge in [-0.05, 0) is 52.3 Å². The molecule has 0 spiro atoms. The minimum atomic E-state index is -0.0921. The molecule has 0 aromatic heterocycles. The lowest BCUT2D eigenvalue weighted by molar-refractivity contribution is 0.103. The molecular formula is C15H10BrClO3. The Labute approximate surface area is 129 Å². The summed E-state index contributed by atoms with van der Waals surface area (Å²) in [4.78, 5) is 12.5. The summed E-state index contributed by atoms with van der Waals surface area (Å²) in [7, 11) is 0. The fourth-order valence-electron chi connectivity index (χ4n) is 2.01. The van der Waals surface area contributed by atoms with Gasteiger partial charge < -0.3 is 9.47 Å². The summed E-state index contributed by atoms with van der Waals surface area (Å²) in [6, 6.07) is 10.3. The molecular weight excluding hydrogens is 344 g/mol. The molecule has 0 atom stereocenters. The molecule has 5 heteroatoms. The number of carbonyl (C=O) groups excluding carboxylic acids is 1. The first-order chi connectivity index (χ1) is 9.65. The van der Waals surface area contributed by atoms with Crippen LogP contribution < -0.4 is 9.47 Å². The lowest BCUT2D eigenvalue weighted by atomic mass is 10.0. The summed E-state index contributed by atoms with van der Waals surface area (Å²) >= 11 is 9.24. The zero-order valence-electron chi connectivity index (χ0n) is 10.4. The van der Waals surface area contributed by atoms with Crippen LogP contribution in [0, 0.1) is 0 Å². The van der Waals surface area contributed by atoms with Gasteiger partial charge in [-0.2, -0.15) is 0 Å². The molecule has 2 aromatic carbocycles. The molecule has 1 aliphatic heterocycles. The minimum Gasteiger partial charge on any atom is -0.486 e. The van der Waals surface area contributed by atoms with Crippen LogP contribution in [-0.4, -0.2) is 19.0 Å². The van der Waals surface area contributed by atoms with Crippen molar-refractivity contribution in [3.8, 4) is 11.5 Å². The summed E-state index contributed by atoms with van der Waals surface area (Å²) in [5, 5.41) is 0.579. The topological polar surface area (TPSA) is 35.5 Å². The molecule has 0 fully saturated rings. The zero-order chi connectivity index (χ0) is 14.1. The van der Waals surface area contributed by atoms with E-state index in [2.05, 4.69) is 15.9 Å². The van der Waals surface area contributed by atoms with Crippen LogP contribution in [0.5, 0.6) is 11.5 Å². The molecule has 0 saturated carbocycles. The van der Waals surface area contributed by atoms with E-state index in [9.17, 15) is 4.79 Å². The maximum absolute atomic E-state index is 12.5. The van der Waals surface area contributed by atoms with E-state index < -0.39 is 0 Å². The molecule has 20 heavy (non-hydrogen) atoms. The third-order valence-corrected chi connectivity index (χ3v) is 3.87. The minimum absolute atomic E-state index is 0.0921. The van der Waals surface area contributed by atoms with Gasteiger partial charge in [0.05, 0.1) is 0 Å². The Morgan fingerprint density at radius 1 is 1.05 bits per heavy atom. The summed E-state index contributed by atoms with van der Waals surface area (Å²) in [5.41, 5.74) is 1.11. The van der Waals surface area contributed by atoms with E-state index in [1.54, 1.807) is 36.4 Å².